The van der Waals surface area contributed by atoms with Crippen LogP contribution in [0.25, 0.3) is 10.9 Å². The van der Waals surface area contributed by atoms with E-state index in [1.54, 1.807) is 7.05 Å². The molecule has 2 aromatic heterocycles. The molecule has 1 atom stereocenters. The molecule has 1 aliphatic carbocycles. The Hall–Kier alpha value is -3.00. The predicted molar refractivity (Wildman–Crippen MR) is 111 cm³/mol. The molecule has 29 heavy (non-hydrogen) atoms. The monoisotopic (exact) mass is 392 g/mol. The zero-order valence-electron chi connectivity index (χ0n) is 16.5. The number of hydrogen-bond donors (Lipinski definition) is 1. The molecular weight excluding hydrogens is 368 g/mol. The second-order valence-electron chi connectivity index (χ2n) is 8.01. The molecule has 0 spiro atoms. The number of hydrogen-bond acceptors (Lipinski definition) is 6. The number of nitrogens with two attached hydrogens (primary N) is 1. The molecule has 8 heteroatoms. The second kappa shape index (κ2) is 6.81. The van der Waals surface area contributed by atoms with Crippen molar-refractivity contribution in [1.29, 1.82) is 0 Å². The van der Waals surface area contributed by atoms with Gasteiger partial charge in [0.2, 0.25) is 0 Å². The van der Waals surface area contributed by atoms with E-state index in [-0.39, 0.29) is 23.8 Å². The van der Waals surface area contributed by atoms with Crippen LogP contribution in [0, 0.1) is 0 Å². The number of nitrogens with zero attached hydrogens (tertiary/aromatic N) is 5. The number of rotatable bonds is 3. The molecular formula is C21H24N6O2. The van der Waals surface area contributed by atoms with E-state index in [1.807, 2.05) is 17.0 Å². The first kappa shape index (κ1) is 18.1. The molecule has 0 radical (unpaired) electrons. The molecule has 0 amide bonds. The smallest absolute Gasteiger partial charge is 0.332 e. The van der Waals surface area contributed by atoms with Gasteiger partial charge in [0.15, 0.2) is 0 Å². The van der Waals surface area contributed by atoms with Crippen molar-refractivity contribution >= 4 is 16.7 Å². The standard InChI is InChI=1S/C21H24N6O2/c1-25-18(26-9-3-5-14(22)11-26)10-19(28)27(21(25)29)12-17-23-15-6-2-4-13-7-8-16(24-17)20(13)15/h2,4,6,10,14H,3,5,7-9,11-12,22H2,1H3/t14-/m1/s1. The Morgan fingerprint density at radius 3 is 2.90 bits per heavy atom. The summed E-state index contributed by atoms with van der Waals surface area (Å²) in [5, 5.41) is 1.12. The molecule has 1 fully saturated rings. The molecule has 0 unspecified atom stereocenters. The van der Waals surface area contributed by atoms with Crippen LogP contribution >= 0.6 is 0 Å². The molecule has 0 bridgehead atoms. The van der Waals surface area contributed by atoms with Crippen LogP contribution in [0.2, 0.25) is 0 Å². The number of benzene rings is 1. The van der Waals surface area contributed by atoms with Gasteiger partial charge >= 0.3 is 5.69 Å². The van der Waals surface area contributed by atoms with E-state index in [2.05, 4.69) is 16.0 Å². The molecule has 0 saturated carbocycles. The van der Waals surface area contributed by atoms with E-state index in [0.717, 1.165) is 48.8 Å². The van der Waals surface area contributed by atoms with Crippen LogP contribution in [-0.2, 0) is 26.4 Å². The fourth-order valence-electron chi connectivity index (χ4n) is 4.57. The molecule has 1 aromatic carbocycles. The average molecular weight is 392 g/mol. The Morgan fingerprint density at radius 2 is 2.07 bits per heavy atom. The van der Waals surface area contributed by atoms with Gasteiger partial charge in [0.1, 0.15) is 11.6 Å². The Morgan fingerprint density at radius 1 is 1.21 bits per heavy atom. The van der Waals surface area contributed by atoms with Gasteiger partial charge in [0.05, 0.1) is 17.8 Å². The summed E-state index contributed by atoms with van der Waals surface area (Å²) in [6, 6.07) is 7.64. The topological polar surface area (TPSA) is 99.0 Å². The van der Waals surface area contributed by atoms with Crippen LogP contribution in [0.5, 0.6) is 0 Å². The van der Waals surface area contributed by atoms with Crippen LogP contribution in [0.1, 0.15) is 29.9 Å². The van der Waals surface area contributed by atoms with Crippen LogP contribution < -0.4 is 21.9 Å². The van der Waals surface area contributed by atoms with Gasteiger partial charge in [-0.3, -0.25) is 13.9 Å². The summed E-state index contributed by atoms with van der Waals surface area (Å²) in [6.07, 6.45) is 3.74. The van der Waals surface area contributed by atoms with E-state index in [0.29, 0.717) is 18.2 Å². The maximum absolute atomic E-state index is 13.0. The lowest BCUT2D eigenvalue weighted by atomic mass is 10.1. The summed E-state index contributed by atoms with van der Waals surface area (Å²) in [4.78, 5) is 37.1. The van der Waals surface area contributed by atoms with Gasteiger partial charge in [-0.25, -0.2) is 14.8 Å². The Kier molecular flexibility index (Phi) is 4.24. The third-order valence-corrected chi connectivity index (χ3v) is 6.02. The lowest BCUT2D eigenvalue weighted by Crippen LogP contribution is -2.47. The molecule has 5 rings (SSSR count). The maximum atomic E-state index is 13.0. The van der Waals surface area contributed by atoms with Crippen molar-refractivity contribution in [2.45, 2.75) is 38.3 Å². The van der Waals surface area contributed by atoms with Crippen molar-refractivity contribution in [1.82, 2.24) is 19.1 Å². The fourth-order valence-corrected chi connectivity index (χ4v) is 4.57. The molecule has 8 nitrogen and oxygen atoms in total. The lowest BCUT2D eigenvalue weighted by molar-refractivity contribution is 0.493. The van der Waals surface area contributed by atoms with Gasteiger partial charge in [-0.2, -0.15) is 0 Å². The predicted octanol–water partition coefficient (Wildman–Crippen LogP) is 0.565. The van der Waals surface area contributed by atoms with Crippen LogP contribution in [0.3, 0.4) is 0 Å². The number of aromatic nitrogens is 4. The van der Waals surface area contributed by atoms with Gasteiger partial charge in [-0.1, -0.05) is 12.1 Å². The summed E-state index contributed by atoms with van der Waals surface area (Å²) < 4.78 is 2.73. The second-order valence-corrected chi connectivity index (χ2v) is 8.01. The Labute approximate surface area is 167 Å². The van der Waals surface area contributed by atoms with Crippen LogP contribution in [0.15, 0.2) is 33.9 Å². The van der Waals surface area contributed by atoms with E-state index in [4.69, 9.17) is 5.73 Å². The highest BCUT2D eigenvalue weighted by Crippen LogP contribution is 2.28. The summed E-state index contributed by atoms with van der Waals surface area (Å²) in [7, 11) is 1.70. The minimum atomic E-state index is -0.361. The highest BCUT2D eigenvalue weighted by Gasteiger charge is 2.22. The fraction of sp³-hybridized carbons (Fsp3) is 0.429. The van der Waals surface area contributed by atoms with Gasteiger partial charge in [-0.15, -0.1) is 0 Å². The zero-order chi connectivity index (χ0) is 20.1. The van der Waals surface area contributed by atoms with E-state index in [9.17, 15) is 9.59 Å². The van der Waals surface area contributed by atoms with Gasteiger partial charge < -0.3 is 10.6 Å². The van der Waals surface area contributed by atoms with Gasteiger partial charge in [-0.05, 0) is 37.3 Å². The first-order valence-electron chi connectivity index (χ1n) is 10.1. The molecule has 2 aliphatic rings. The third-order valence-electron chi connectivity index (χ3n) is 6.02. The van der Waals surface area contributed by atoms with Gasteiger partial charge in [0.25, 0.3) is 5.56 Å². The largest absolute Gasteiger partial charge is 0.356 e. The SMILES string of the molecule is Cn1c(N2CCC[C@@H](N)C2)cc(=O)n(Cc2nc3c4c(cccc4n2)CC3)c1=O. The Balaban J connectivity index is 1.53. The van der Waals surface area contributed by atoms with Crippen molar-refractivity contribution in [3.63, 3.8) is 0 Å². The quantitative estimate of drug-likeness (QED) is 0.699. The lowest BCUT2D eigenvalue weighted by Gasteiger charge is -2.33. The minimum absolute atomic E-state index is 0.0603. The van der Waals surface area contributed by atoms with Crippen molar-refractivity contribution < 1.29 is 0 Å². The molecule has 3 aromatic rings. The van der Waals surface area contributed by atoms with Crippen molar-refractivity contribution in [3.8, 4) is 0 Å². The minimum Gasteiger partial charge on any atom is -0.356 e. The summed E-state index contributed by atoms with van der Waals surface area (Å²) in [5.41, 5.74) is 8.52. The first-order valence-corrected chi connectivity index (χ1v) is 10.1. The first-order chi connectivity index (χ1) is 14.0. The summed E-state index contributed by atoms with van der Waals surface area (Å²) in [5.74, 6) is 1.12. The Bertz CT molecular complexity index is 1230. The normalized spacial score (nSPS) is 18.6. The van der Waals surface area contributed by atoms with Crippen LogP contribution in [-0.4, -0.2) is 38.2 Å². The number of piperidine rings is 1. The van der Waals surface area contributed by atoms with Crippen molar-refractivity contribution in [2.24, 2.45) is 12.8 Å². The third kappa shape index (κ3) is 3.04. The van der Waals surface area contributed by atoms with E-state index in [1.165, 1.54) is 20.8 Å². The average Bonchev–Trinajstić information content (AvgIpc) is 3.13. The zero-order valence-corrected chi connectivity index (χ0v) is 16.5. The molecule has 1 saturated heterocycles. The summed E-state index contributed by atoms with van der Waals surface area (Å²) >= 11 is 0. The summed E-state index contributed by atoms with van der Waals surface area (Å²) in [6.45, 7) is 1.51. The number of anilines is 1. The highest BCUT2D eigenvalue weighted by atomic mass is 16.2. The maximum Gasteiger partial charge on any atom is 0.332 e. The van der Waals surface area contributed by atoms with Gasteiger partial charge in [0, 0.05) is 37.6 Å². The van der Waals surface area contributed by atoms with E-state index >= 15 is 0 Å². The number of aryl methyl sites for hydroxylation is 2. The molecule has 3 heterocycles. The molecule has 150 valence electrons. The highest BCUT2D eigenvalue weighted by molar-refractivity contribution is 5.86. The van der Waals surface area contributed by atoms with E-state index < -0.39 is 0 Å². The molecule has 2 N–H and O–H groups in total. The van der Waals surface area contributed by atoms with Crippen molar-refractivity contribution in [3.05, 3.63) is 62.2 Å². The van der Waals surface area contributed by atoms with Crippen molar-refractivity contribution in [2.75, 3.05) is 18.0 Å². The molecule has 1 aliphatic heterocycles. The van der Waals surface area contributed by atoms with Crippen LogP contribution in [0.4, 0.5) is 5.82 Å².